The molecule has 0 unspecified atom stereocenters. The van der Waals surface area contributed by atoms with Crippen LogP contribution >= 0.6 is 0 Å². The van der Waals surface area contributed by atoms with Crippen LogP contribution in [-0.2, 0) is 11.2 Å². The van der Waals surface area contributed by atoms with Gasteiger partial charge in [0.05, 0.1) is 6.61 Å². The molecule has 1 aliphatic heterocycles. The summed E-state index contributed by atoms with van der Waals surface area (Å²) in [5.74, 6) is -0.264. The molecule has 84 valence electrons. The van der Waals surface area contributed by atoms with Crippen LogP contribution in [0.3, 0.4) is 0 Å². The third kappa shape index (κ3) is 1.78. The fraction of sp³-hybridized carbons (Fsp3) is 0.333. The summed E-state index contributed by atoms with van der Waals surface area (Å²) in [5.41, 5.74) is 1.59. The molecule has 2 amide bonds. The van der Waals surface area contributed by atoms with E-state index in [1.807, 2.05) is 12.1 Å². The minimum Gasteiger partial charge on any atom is -0.449 e. The van der Waals surface area contributed by atoms with Crippen molar-refractivity contribution in [2.45, 2.75) is 13.3 Å². The largest absolute Gasteiger partial charge is 0.449 e. The molecule has 0 aliphatic carbocycles. The quantitative estimate of drug-likeness (QED) is 0.724. The van der Waals surface area contributed by atoms with E-state index in [4.69, 9.17) is 4.74 Å². The lowest BCUT2D eigenvalue weighted by Gasteiger charge is -2.25. The van der Waals surface area contributed by atoms with Crippen molar-refractivity contribution in [1.29, 1.82) is 0 Å². The van der Waals surface area contributed by atoms with Crippen LogP contribution in [0.5, 0.6) is 0 Å². The summed E-state index contributed by atoms with van der Waals surface area (Å²) in [4.78, 5) is 24.6. The van der Waals surface area contributed by atoms with E-state index in [2.05, 4.69) is 0 Å². The Morgan fingerprint density at radius 3 is 2.94 bits per heavy atom. The summed E-state index contributed by atoms with van der Waals surface area (Å²) < 4.78 is 4.83. The van der Waals surface area contributed by atoms with Gasteiger partial charge in [-0.2, -0.15) is 0 Å². The van der Waals surface area contributed by atoms with E-state index < -0.39 is 6.09 Å². The summed E-state index contributed by atoms with van der Waals surface area (Å²) in [6, 6.07) is 7.34. The molecule has 0 bridgehead atoms. The second-order valence-corrected chi connectivity index (χ2v) is 3.56. The number of ether oxygens (including phenoxy) is 1. The SMILES string of the molecule is CCOC(=O)N1CCc2ccccc2C1=O. The van der Waals surface area contributed by atoms with Crippen molar-refractivity contribution in [3.8, 4) is 0 Å². The fourth-order valence-electron chi connectivity index (χ4n) is 1.80. The highest BCUT2D eigenvalue weighted by molar-refractivity contribution is 6.04. The number of nitrogens with zero attached hydrogens (tertiary/aromatic N) is 1. The number of hydrogen-bond donors (Lipinski definition) is 0. The third-order valence-corrected chi connectivity index (χ3v) is 2.59. The Morgan fingerprint density at radius 2 is 2.19 bits per heavy atom. The van der Waals surface area contributed by atoms with Crippen molar-refractivity contribution in [3.05, 3.63) is 35.4 Å². The molecule has 0 spiro atoms. The van der Waals surface area contributed by atoms with Gasteiger partial charge in [-0.05, 0) is 25.0 Å². The lowest BCUT2D eigenvalue weighted by Crippen LogP contribution is -2.42. The van der Waals surface area contributed by atoms with Crippen LogP contribution in [0.2, 0.25) is 0 Å². The fourth-order valence-corrected chi connectivity index (χ4v) is 1.80. The van der Waals surface area contributed by atoms with Gasteiger partial charge in [0.2, 0.25) is 0 Å². The molecule has 0 radical (unpaired) electrons. The lowest BCUT2D eigenvalue weighted by molar-refractivity contribution is 0.0657. The van der Waals surface area contributed by atoms with Crippen LogP contribution in [0, 0.1) is 0 Å². The Kier molecular flexibility index (Phi) is 2.90. The smallest absolute Gasteiger partial charge is 0.416 e. The van der Waals surface area contributed by atoms with Crippen LogP contribution in [0.1, 0.15) is 22.8 Å². The van der Waals surface area contributed by atoms with Crippen molar-refractivity contribution >= 4 is 12.0 Å². The number of rotatable bonds is 1. The van der Waals surface area contributed by atoms with Gasteiger partial charge in [-0.3, -0.25) is 4.79 Å². The van der Waals surface area contributed by atoms with Gasteiger partial charge in [0, 0.05) is 12.1 Å². The Morgan fingerprint density at radius 1 is 1.44 bits per heavy atom. The van der Waals surface area contributed by atoms with Crippen LogP contribution in [0.15, 0.2) is 24.3 Å². The number of amides is 2. The van der Waals surface area contributed by atoms with Crippen molar-refractivity contribution < 1.29 is 14.3 Å². The van der Waals surface area contributed by atoms with Gasteiger partial charge in [-0.15, -0.1) is 0 Å². The Hall–Kier alpha value is -1.84. The zero-order valence-electron chi connectivity index (χ0n) is 9.10. The van der Waals surface area contributed by atoms with E-state index in [1.165, 1.54) is 0 Å². The monoisotopic (exact) mass is 219 g/mol. The summed E-state index contributed by atoms with van der Waals surface area (Å²) in [5, 5.41) is 0. The molecule has 1 heterocycles. The van der Waals surface area contributed by atoms with E-state index in [-0.39, 0.29) is 12.5 Å². The number of hydrogen-bond acceptors (Lipinski definition) is 3. The molecular weight excluding hydrogens is 206 g/mol. The molecule has 1 aromatic carbocycles. The Balaban J connectivity index is 2.24. The zero-order valence-corrected chi connectivity index (χ0v) is 9.10. The minimum absolute atomic E-state index is 0.264. The molecular formula is C12H13NO3. The molecule has 0 atom stereocenters. The molecule has 0 saturated carbocycles. The summed E-state index contributed by atoms with van der Waals surface area (Å²) in [6.45, 7) is 2.40. The molecule has 1 aliphatic rings. The summed E-state index contributed by atoms with van der Waals surface area (Å²) >= 11 is 0. The van der Waals surface area contributed by atoms with Gasteiger partial charge in [0.1, 0.15) is 0 Å². The normalized spacial score (nSPS) is 14.6. The molecule has 0 aromatic heterocycles. The van der Waals surface area contributed by atoms with E-state index in [0.29, 0.717) is 18.5 Å². The van der Waals surface area contributed by atoms with Crippen molar-refractivity contribution in [2.24, 2.45) is 0 Å². The topological polar surface area (TPSA) is 46.6 Å². The minimum atomic E-state index is -0.554. The van der Waals surface area contributed by atoms with Crippen molar-refractivity contribution in [2.75, 3.05) is 13.2 Å². The van der Waals surface area contributed by atoms with Crippen LogP contribution < -0.4 is 0 Å². The van der Waals surface area contributed by atoms with E-state index >= 15 is 0 Å². The first-order valence-corrected chi connectivity index (χ1v) is 5.30. The average Bonchev–Trinajstić information content (AvgIpc) is 2.30. The van der Waals surface area contributed by atoms with Crippen LogP contribution in [-0.4, -0.2) is 30.1 Å². The standard InChI is InChI=1S/C12H13NO3/c1-2-16-12(15)13-8-7-9-5-3-4-6-10(9)11(13)14/h3-6H,2,7-8H2,1H3. The van der Waals surface area contributed by atoms with Gasteiger partial charge in [-0.25, -0.2) is 9.69 Å². The molecule has 0 fully saturated rings. The first-order valence-electron chi connectivity index (χ1n) is 5.30. The molecule has 4 heteroatoms. The first kappa shape index (κ1) is 10.7. The summed E-state index contributed by atoms with van der Waals surface area (Å²) in [6.07, 6.45) is 0.141. The van der Waals surface area contributed by atoms with Crippen molar-refractivity contribution in [3.63, 3.8) is 0 Å². The molecule has 4 nitrogen and oxygen atoms in total. The molecule has 1 aromatic rings. The first-order chi connectivity index (χ1) is 7.74. The number of imide groups is 1. The predicted octanol–water partition coefficient (Wildman–Crippen LogP) is 1.84. The van der Waals surface area contributed by atoms with E-state index in [1.54, 1.807) is 19.1 Å². The van der Waals surface area contributed by atoms with Gasteiger partial charge < -0.3 is 4.74 Å². The van der Waals surface area contributed by atoms with Crippen LogP contribution in [0.25, 0.3) is 0 Å². The highest BCUT2D eigenvalue weighted by atomic mass is 16.6. The number of carbonyl (C=O) groups is 2. The van der Waals surface area contributed by atoms with Crippen molar-refractivity contribution in [1.82, 2.24) is 4.90 Å². The van der Waals surface area contributed by atoms with Gasteiger partial charge >= 0.3 is 6.09 Å². The van der Waals surface area contributed by atoms with Gasteiger partial charge in [-0.1, -0.05) is 18.2 Å². The van der Waals surface area contributed by atoms with Gasteiger partial charge in [0.25, 0.3) is 5.91 Å². The molecule has 16 heavy (non-hydrogen) atoms. The van der Waals surface area contributed by atoms with Gasteiger partial charge in [0.15, 0.2) is 0 Å². The second kappa shape index (κ2) is 4.35. The highest BCUT2D eigenvalue weighted by Crippen LogP contribution is 2.18. The maximum atomic E-state index is 12.0. The number of carbonyl (C=O) groups excluding carboxylic acids is 2. The Bertz CT molecular complexity index is 428. The lowest BCUT2D eigenvalue weighted by atomic mass is 10.00. The number of benzene rings is 1. The predicted molar refractivity (Wildman–Crippen MR) is 58.2 cm³/mol. The van der Waals surface area contributed by atoms with Crippen LogP contribution in [0.4, 0.5) is 4.79 Å². The Labute approximate surface area is 93.8 Å². The zero-order chi connectivity index (χ0) is 11.5. The third-order valence-electron chi connectivity index (χ3n) is 2.59. The molecule has 0 saturated heterocycles. The molecule has 2 rings (SSSR count). The maximum Gasteiger partial charge on any atom is 0.416 e. The molecule has 0 N–H and O–H groups in total. The van der Waals surface area contributed by atoms with E-state index in [9.17, 15) is 9.59 Å². The average molecular weight is 219 g/mol. The summed E-state index contributed by atoms with van der Waals surface area (Å²) in [7, 11) is 0. The maximum absolute atomic E-state index is 12.0. The highest BCUT2D eigenvalue weighted by Gasteiger charge is 2.29. The van der Waals surface area contributed by atoms with E-state index in [0.717, 1.165) is 10.5 Å². The number of fused-ring (bicyclic) bond motifs is 1. The second-order valence-electron chi connectivity index (χ2n) is 3.56.